The summed E-state index contributed by atoms with van der Waals surface area (Å²) < 4.78 is 47.2. The second-order valence-corrected chi connectivity index (χ2v) is 8.15. The summed E-state index contributed by atoms with van der Waals surface area (Å²) in [6.07, 6.45) is 0.147. The molecule has 4 rings (SSSR count). The van der Waals surface area contributed by atoms with Gasteiger partial charge in [0.05, 0.1) is 34.9 Å². The molecule has 0 aliphatic heterocycles. The highest BCUT2D eigenvalue weighted by molar-refractivity contribution is 7.18. The lowest BCUT2D eigenvalue weighted by atomic mass is 10.1. The smallest absolute Gasteiger partial charge is 0.377 e. The summed E-state index contributed by atoms with van der Waals surface area (Å²) in [6.45, 7) is 3.63. The first-order chi connectivity index (χ1) is 15.7. The standard InChI is InChI=1S/C20H18F3N7O2S/c1-10(32-3)15-14(9-25-18-16(15)27-11(2)33-18)29-19(31)28-12-7-13(20(21,22)23)17(24-8-12)30-6-4-5-26-30/h4-10H,1-3H3,(H2,28,29,31)/t10-/m1/s1. The molecule has 0 aliphatic carbocycles. The third-order valence-corrected chi connectivity index (χ3v) is 5.61. The number of aryl methyl sites for hydroxylation is 1. The minimum Gasteiger partial charge on any atom is -0.377 e. The Balaban J connectivity index is 1.63. The molecule has 0 aliphatic rings. The average Bonchev–Trinajstić information content (AvgIpc) is 3.41. The molecular weight excluding hydrogens is 459 g/mol. The number of fused-ring (bicyclic) bond motifs is 1. The van der Waals surface area contributed by atoms with E-state index in [9.17, 15) is 18.0 Å². The first kappa shape index (κ1) is 22.6. The molecule has 4 heterocycles. The van der Waals surface area contributed by atoms with Crippen LogP contribution in [0.5, 0.6) is 0 Å². The molecule has 33 heavy (non-hydrogen) atoms. The Morgan fingerprint density at radius 2 is 2.03 bits per heavy atom. The summed E-state index contributed by atoms with van der Waals surface area (Å²) in [6, 6.07) is 1.51. The van der Waals surface area contributed by atoms with Crippen LogP contribution >= 0.6 is 11.3 Å². The van der Waals surface area contributed by atoms with E-state index in [0.717, 1.165) is 22.0 Å². The van der Waals surface area contributed by atoms with E-state index in [-0.39, 0.29) is 5.69 Å². The Kier molecular flexibility index (Phi) is 5.99. The molecule has 172 valence electrons. The fourth-order valence-corrected chi connectivity index (χ4v) is 4.00. The number of amides is 2. The van der Waals surface area contributed by atoms with Gasteiger partial charge in [-0.25, -0.2) is 24.4 Å². The number of hydrogen-bond acceptors (Lipinski definition) is 7. The number of pyridine rings is 2. The summed E-state index contributed by atoms with van der Waals surface area (Å²) in [5, 5.41) is 9.60. The molecule has 0 aromatic carbocycles. The van der Waals surface area contributed by atoms with Crippen LogP contribution in [-0.2, 0) is 10.9 Å². The topological polar surface area (TPSA) is 107 Å². The van der Waals surface area contributed by atoms with Crippen molar-refractivity contribution in [2.45, 2.75) is 26.1 Å². The predicted molar refractivity (Wildman–Crippen MR) is 117 cm³/mol. The number of hydrogen-bond donors (Lipinski definition) is 2. The van der Waals surface area contributed by atoms with Gasteiger partial charge in [-0.1, -0.05) is 11.3 Å². The van der Waals surface area contributed by atoms with Gasteiger partial charge in [0.25, 0.3) is 0 Å². The first-order valence-electron chi connectivity index (χ1n) is 9.61. The van der Waals surface area contributed by atoms with Crippen molar-refractivity contribution in [1.29, 1.82) is 0 Å². The van der Waals surface area contributed by atoms with Gasteiger partial charge in [0.2, 0.25) is 0 Å². The van der Waals surface area contributed by atoms with Crippen LogP contribution in [0.1, 0.15) is 29.2 Å². The maximum absolute atomic E-state index is 13.6. The number of nitrogens with one attached hydrogen (secondary N) is 2. The molecule has 0 spiro atoms. The number of aromatic nitrogens is 5. The highest BCUT2D eigenvalue weighted by Crippen LogP contribution is 2.35. The van der Waals surface area contributed by atoms with Crippen molar-refractivity contribution in [2.75, 3.05) is 17.7 Å². The number of urea groups is 1. The number of nitrogens with zero attached hydrogens (tertiary/aromatic N) is 5. The van der Waals surface area contributed by atoms with Gasteiger partial charge in [-0.3, -0.25) is 0 Å². The van der Waals surface area contributed by atoms with E-state index in [0.29, 0.717) is 21.6 Å². The highest BCUT2D eigenvalue weighted by atomic mass is 32.1. The summed E-state index contributed by atoms with van der Waals surface area (Å²) in [5.41, 5.74) is 0.352. The van der Waals surface area contributed by atoms with Gasteiger partial charge in [-0.05, 0) is 26.0 Å². The molecule has 0 unspecified atom stereocenters. The van der Waals surface area contributed by atoms with Crippen LogP contribution in [0.15, 0.2) is 36.9 Å². The zero-order chi connectivity index (χ0) is 23.8. The van der Waals surface area contributed by atoms with Crippen LogP contribution in [0, 0.1) is 6.92 Å². The van der Waals surface area contributed by atoms with E-state index in [1.54, 1.807) is 6.92 Å². The van der Waals surface area contributed by atoms with Gasteiger partial charge in [0.1, 0.15) is 15.9 Å². The van der Waals surface area contributed by atoms with Gasteiger partial charge in [0.15, 0.2) is 5.82 Å². The maximum Gasteiger partial charge on any atom is 0.420 e. The number of thiazole rings is 1. The molecule has 1 atom stereocenters. The fourth-order valence-electron chi connectivity index (χ4n) is 3.22. The average molecular weight is 477 g/mol. The monoisotopic (exact) mass is 477 g/mol. The van der Waals surface area contributed by atoms with Crippen molar-refractivity contribution in [3.8, 4) is 5.82 Å². The van der Waals surface area contributed by atoms with E-state index in [1.165, 1.54) is 43.1 Å². The Morgan fingerprint density at radius 1 is 1.24 bits per heavy atom. The van der Waals surface area contributed by atoms with E-state index >= 15 is 0 Å². The van der Waals surface area contributed by atoms with Crippen LogP contribution in [0.2, 0.25) is 0 Å². The predicted octanol–water partition coefficient (Wildman–Crippen LogP) is 4.95. The van der Waals surface area contributed by atoms with E-state index in [2.05, 4.69) is 30.7 Å². The molecule has 9 nitrogen and oxygen atoms in total. The molecule has 2 amide bonds. The van der Waals surface area contributed by atoms with Crippen LogP contribution in [-0.4, -0.2) is 37.9 Å². The number of methoxy groups -OCH3 is 1. The molecular formula is C20H18F3N7O2S. The summed E-state index contributed by atoms with van der Waals surface area (Å²) in [5.74, 6) is -0.400. The SMILES string of the molecule is CO[C@H](C)c1c(NC(=O)Nc2cnc(-n3cccn3)c(C(F)(F)F)c2)cnc2sc(C)nc12. The normalized spacial score (nSPS) is 12.7. The Bertz CT molecular complexity index is 1310. The molecule has 0 saturated carbocycles. The zero-order valence-corrected chi connectivity index (χ0v) is 18.5. The minimum atomic E-state index is -4.71. The summed E-state index contributed by atoms with van der Waals surface area (Å²) in [4.78, 5) is 25.9. The second-order valence-electron chi connectivity index (χ2n) is 6.97. The molecule has 13 heteroatoms. The zero-order valence-electron chi connectivity index (χ0n) is 17.6. The van der Waals surface area contributed by atoms with Crippen LogP contribution in [0.25, 0.3) is 16.2 Å². The number of carbonyl (C=O) groups is 1. The summed E-state index contributed by atoms with van der Waals surface area (Å²) >= 11 is 1.40. The molecule has 2 N–H and O–H groups in total. The number of alkyl halides is 3. The van der Waals surface area contributed by atoms with Crippen molar-refractivity contribution in [3.05, 3.63) is 53.1 Å². The lowest BCUT2D eigenvalue weighted by Gasteiger charge is -2.17. The second kappa shape index (κ2) is 8.75. The summed E-state index contributed by atoms with van der Waals surface area (Å²) in [7, 11) is 1.52. The van der Waals surface area contributed by atoms with Crippen molar-refractivity contribution < 1.29 is 22.7 Å². The third-order valence-electron chi connectivity index (χ3n) is 4.73. The number of halogens is 3. The van der Waals surface area contributed by atoms with Gasteiger partial charge in [-0.2, -0.15) is 18.3 Å². The van der Waals surface area contributed by atoms with Crippen molar-refractivity contribution in [3.63, 3.8) is 0 Å². The Labute approximate surface area is 189 Å². The number of anilines is 2. The van der Waals surface area contributed by atoms with Crippen LogP contribution < -0.4 is 10.6 Å². The van der Waals surface area contributed by atoms with Crippen molar-refractivity contribution in [2.24, 2.45) is 0 Å². The number of ether oxygens (including phenoxy) is 1. The van der Waals surface area contributed by atoms with Crippen molar-refractivity contribution in [1.82, 2.24) is 24.7 Å². The first-order valence-corrected chi connectivity index (χ1v) is 10.4. The molecule has 0 fully saturated rings. The molecule has 0 bridgehead atoms. The van der Waals surface area contributed by atoms with Gasteiger partial charge >= 0.3 is 12.2 Å². The van der Waals surface area contributed by atoms with E-state index in [4.69, 9.17) is 4.74 Å². The lowest BCUT2D eigenvalue weighted by molar-refractivity contribution is -0.137. The van der Waals surface area contributed by atoms with Gasteiger partial charge in [0, 0.05) is 25.1 Å². The van der Waals surface area contributed by atoms with E-state index in [1.807, 2.05) is 6.92 Å². The van der Waals surface area contributed by atoms with Crippen LogP contribution in [0.3, 0.4) is 0 Å². The molecule has 4 aromatic heterocycles. The lowest BCUT2D eigenvalue weighted by Crippen LogP contribution is -2.22. The van der Waals surface area contributed by atoms with Gasteiger partial charge in [-0.15, -0.1) is 0 Å². The number of carbonyl (C=O) groups excluding carboxylic acids is 1. The van der Waals surface area contributed by atoms with Crippen molar-refractivity contribution >= 4 is 39.1 Å². The third kappa shape index (κ3) is 4.64. The highest BCUT2D eigenvalue weighted by Gasteiger charge is 2.35. The van der Waals surface area contributed by atoms with E-state index < -0.39 is 29.7 Å². The molecule has 4 aromatic rings. The fraction of sp³-hybridized carbons (Fsp3) is 0.250. The largest absolute Gasteiger partial charge is 0.420 e. The maximum atomic E-state index is 13.6. The Morgan fingerprint density at radius 3 is 2.70 bits per heavy atom. The van der Waals surface area contributed by atoms with Crippen LogP contribution in [0.4, 0.5) is 29.3 Å². The minimum absolute atomic E-state index is 0.143. The van der Waals surface area contributed by atoms with Gasteiger partial charge < -0.3 is 15.4 Å². The number of rotatable bonds is 5. The Hall–Kier alpha value is -3.58. The molecule has 0 radical (unpaired) electrons. The molecule has 0 saturated heterocycles. The quantitative estimate of drug-likeness (QED) is 0.421.